The number of rotatable bonds is 2. The first-order valence-electron chi connectivity index (χ1n) is 4.45. The minimum atomic E-state index is 0.353. The van der Waals surface area contributed by atoms with Crippen LogP contribution in [0.15, 0.2) is 24.3 Å². The largest absolute Gasteiger partial charge is 0.497 e. The molecule has 1 aliphatic rings. The van der Waals surface area contributed by atoms with Crippen molar-refractivity contribution >= 4 is 15.9 Å². The summed E-state index contributed by atoms with van der Waals surface area (Å²) in [4.78, 5) is 0.647. The molecule has 0 bridgehead atoms. The van der Waals surface area contributed by atoms with Gasteiger partial charge in [-0.3, -0.25) is 0 Å². The molecule has 1 nitrogen and oxygen atoms in total. The normalized spacial score (nSPS) is 31.5. The third kappa shape index (κ3) is 1.48. The van der Waals surface area contributed by atoms with Crippen molar-refractivity contribution in [3.05, 3.63) is 29.8 Å². The molecule has 70 valence electrons. The highest BCUT2D eigenvalue weighted by atomic mass is 79.9. The van der Waals surface area contributed by atoms with Crippen LogP contribution in [0, 0.1) is 0 Å². The SMILES string of the molecule is COc1ccc(C2(C)CC2Br)cc1. The van der Waals surface area contributed by atoms with E-state index in [1.807, 2.05) is 12.1 Å². The van der Waals surface area contributed by atoms with Crippen molar-refractivity contribution in [2.75, 3.05) is 7.11 Å². The van der Waals surface area contributed by atoms with Gasteiger partial charge in [0.15, 0.2) is 0 Å². The molecule has 0 saturated heterocycles. The topological polar surface area (TPSA) is 9.23 Å². The summed E-state index contributed by atoms with van der Waals surface area (Å²) in [5.74, 6) is 0.930. The quantitative estimate of drug-likeness (QED) is 0.723. The van der Waals surface area contributed by atoms with Crippen LogP contribution < -0.4 is 4.74 Å². The van der Waals surface area contributed by atoms with E-state index in [1.165, 1.54) is 12.0 Å². The molecular weight excluding hydrogens is 228 g/mol. The standard InChI is InChI=1S/C11H13BrO/c1-11(7-10(11)12)8-3-5-9(13-2)6-4-8/h3-6,10H,7H2,1-2H3. The molecule has 1 aromatic rings. The smallest absolute Gasteiger partial charge is 0.118 e. The first kappa shape index (κ1) is 9.07. The van der Waals surface area contributed by atoms with Crippen LogP contribution in [-0.4, -0.2) is 11.9 Å². The maximum atomic E-state index is 5.12. The van der Waals surface area contributed by atoms with Crippen molar-refractivity contribution in [3.63, 3.8) is 0 Å². The summed E-state index contributed by atoms with van der Waals surface area (Å²) in [5, 5.41) is 0. The van der Waals surface area contributed by atoms with E-state index < -0.39 is 0 Å². The Bertz CT molecular complexity index is 306. The van der Waals surface area contributed by atoms with E-state index in [2.05, 4.69) is 35.0 Å². The molecule has 0 amide bonds. The van der Waals surface area contributed by atoms with Crippen LogP contribution >= 0.6 is 15.9 Å². The van der Waals surface area contributed by atoms with Crippen LogP contribution in [0.4, 0.5) is 0 Å². The predicted molar refractivity (Wildman–Crippen MR) is 57.7 cm³/mol. The van der Waals surface area contributed by atoms with Crippen molar-refractivity contribution < 1.29 is 4.74 Å². The summed E-state index contributed by atoms with van der Waals surface area (Å²) in [6.45, 7) is 2.29. The van der Waals surface area contributed by atoms with Gasteiger partial charge in [-0.25, -0.2) is 0 Å². The molecule has 1 saturated carbocycles. The lowest BCUT2D eigenvalue weighted by Gasteiger charge is -2.09. The second kappa shape index (κ2) is 3.02. The highest BCUT2D eigenvalue weighted by molar-refractivity contribution is 9.09. The van der Waals surface area contributed by atoms with Crippen molar-refractivity contribution in [3.8, 4) is 5.75 Å². The highest BCUT2D eigenvalue weighted by Crippen LogP contribution is 2.52. The van der Waals surface area contributed by atoms with Crippen LogP contribution in [-0.2, 0) is 5.41 Å². The molecule has 0 spiro atoms. The number of benzene rings is 1. The monoisotopic (exact) mass is 240 g/mol. The first-order chi connectivity index (χ1) is 6.16. The van der Waals surface area contributed by atoms with Gasteiger partial charge in [-0.1, -0.05) is 35.0 Å². The second-order valence-electron chi connectivity index (χ2n) is 3.82. The Morgan fingerprint density at radius 3 is 2.31 bits per heavy atom. The maximum absolute atomic E-state index is 5.12. The molecule has 1 aromatic carbocycles. The average Bonchev–Trinajstić information content (AvgIpc) is 2.76. The Labute approximate surface area is 87.2 Å². The molecule has 2 unspecified atom stereocenters. The Hall–Kier alpha value is -0.500. The summed E-state index contributed by atoms with van der Waals surface area (Å²) >= 11 is 3.65. The summed E-state index contributed by atoms with van der Waals surface area (Å²) in [6, 6.07) is 8.36. The number of alkyl halides is 1. The number of halogens is 1. The highest BCUT2D eigenvalue weighted by Gasteiger charge is 2.49. The van der Waals surface area contributed by atoms with Gasteiger partial charge in [-0.15, -0.1) is 0 Å². The van der Waals surface area contributed by atoms with E-state index in [4.69, 9.17) is 4.74 Å². The lowest BCUT2D eigenvalue weighted by Crippen LogP contribution is -2.03. The lowest BCUT2D eigenvalue weighted by atomic mass is 9.99. The second-order valence-corrected chi connectivity index (χ2v) is 4.92. The van der Waals surface area contributed by atoms with Crippen LogP contribution in [0.25, 0.3) is 0 Å². The van der Waals surface area contributed by atoms with E-state index in [9.17, 15) is 0 Å². The molecule has 2 rings (SSSR count). The van der Waals surface area contributed by atoms with Crippen molar-refractivity contribution in [1.29, 1.82) is 0 Å². The van der Waals surface area contributed by atoms with Crippen LogP contribution in [0.1, 0.15) is 18.9 Å². The molecule has 0 radical (unpaired) electrons. The molecule has 0 heterocycles. The van der Waals surface area contributed by atoms with Gasteiger partial charge in [0.05, 0.1) is 7.11 Å². The Morgan fingerprint density at radius 1 is 1.38 bits per heavy atom. The van der Waals surface area contributed by atoms with E-state index >= 15 is 0 Å². The van der Waals surface area contributed by atoms with Gasteiger partial charge in [0.2, 0.25) is 0 Å². The molecule has 0 aliphatic heterocycles. The molecule has 1 fully saturated rings. The minimum absolute atomic E-state index is 0.353. The minimum Gasteiger partial charge on any atom is -0.497 e. The van der Waals surface area contributed by atoms with Gasteiger partial charge in [-0.2, -0.15) is 0 Å². The zero-order valence-corrected chi connectivity index (χ0v) is 9.47. The Morgan fingerprint density at radius 2 is 1.92 bits per heavy atom. The van der Waals surface area contributed by atoms with E-state index in [0.29, 0.717) is 10.2 Å². The average molecular weight is 241 g/mol. The number of hydrogen-bond donors (Lipinski definition) is 0. The third-order valence-corrected chi connectivity index (χ3v) is 4.22. The van der Waals surface area contributed by atoms with Crippen molar-refractivity contribution in [1.82, 2.24) is 0 Å². The molecule has 2 atom stereocenters. The first-order valence-corrected chi connectivity index (χ1v) is 5.37. The van der Waals surface area contributed by atoms with Crippen LogP contribution in [0.3, 0.4) is 0 Å². The summed E-state index contributed by atoms with van der Waals surface area (Å²) in [7, 11) is 1.70. The van der Waals surface area contributed by atoms with Gasteiger partial charge in [0.25, 0.3) is 0 Å². The number of methoxy groups -OCH3 is 1. The molecule has 0 N–H and O–H groups in total. The van der Waals surface area contributed by atoms with E-state index in [0.717, 1.165) is 5.75 Å². The summed E-state index contributed by atoms with van der Waals surface area (Å²) in [5.41, 5.74) is 1.75. The molecular formula is C11H13BrO. The Kier molecular flexibility index (Phi) is 2.11. The number of hydrogen-bond acceptors (Lipinski definition) is 1. The van der Waals surface area contributed by atoms with Gasteiger partial charge in [0.1, 0.15) is 5.75 Å². The number of ether oxygens (including phenoxy) is 1. The Balaban J connectivity index is 2.24. The third-order valence-electron chi connectivity index (χ3n) is 2.88. The summed E-state index contributed by atoms with van der Waals surface area (Å²) < 4.78 is 5.12. The van der Waals surface area contributed by atoms with Gasteiger partial charge in [0, 0.05) is 10.2 Å². The molecule has 2 heteroatoms. The molecule has 13 heavy (non-hydrogen) atoms. The molecule has 0 aromatic heterocycles. The fourth-order valence-corrected chi connectivity index (χ4v) is 2.52. The zero-order chi connectivity index (χ0) is 9.47. The van der Waals surface area contributed by atoms with Gasteiger partial charge in [-0.05, 0) is 24.1 Å². The maximum Gasteiger partial charge on any atom is 0.118 e. The summed E-state index contributed by atoms with van der Waals surface area (Å²) in [6.07, 6.45) is 1.24. The van der Waals surface area contributed by atoms with Gasteiger partial charge >= 0.3 is 0 Å². The van der Waals surface area contributed by atoms with Gasteiger partial charge < -0.3 is 4.74 Å². The fraction of sp³-hybridized carbons (Fsp3) is 0.455. The fourth-order valence-electron chi connectivity index (χ4n) is 1.58. The lowest BCUT2D eigenvalue weighted by molar-refractivity contribution is 0.414. The van der Waals surface area contributed by atoms with Crippen LogP contribution in [0.2, 0.25) is 0 Å². The van der Waals surface area contributed by atoms with Crippen molar-refractivity contribution in [2.45, 2.75) is 23.6 Å². The van der Waals surface area contributed by atoms with Crippen molar-refractivity contribution in [2.24, 2.45) is 0 Å². The van der Waals surface area contributed by atoms with Crippen LogP contribution in [0.5, 0.6) is 5.75 Å². The van der Waals surface area contributed by atoms with E-state index in [1.54, 1.807) is 7.11 Å². The zero-order valence-electron chi connectivity index (χ0n) is 7.88. The predicted octanol–water partition coefficient (Wildman–Crippen LogP) is 3.12. The molecule has 1 aliphatic carbocycles. The van der Waals surface area contributed by atoms with E-state index in [-0.39, 0.29) is 0 Å².